The number of amides is 1. The summed E-state index contributed by atoms with van der Waals surface area (Å²) in [4.78, 5) is 10.4. The lowest BCUT2D eigenvalue weighted by Gasteiger charge is -1.88. The molecular formula is C4H7NOS. The highest BCUT2D eigenvalue weighted by Gasteiger charge is 1.94. The molecule has 0 rings (SSSR count). The summed E-state index contributed by atoms with van der Waals surface area (Å²) in [5.74, 6) is -0.437. The number of hydrogen-bond acceptors (Lipinski definition) is 2. The van der Waals surface area contributed by atoms with Crippen LogP contribution < -0.4 is 5.73 Å². The number of carbonyl (C=O) groups is 1. The molecule has 0 aliphatic carbocycles. The van der Waals surface area contributed by atoms with Gasteiger partial charge in [0.15, 0.2) is 0 Å². The van der Waals surface area contributed by atoms with Crippen molar-refractivity contribution in [1.82, 2.24) is 0 Å². The maximum atomic E-state index is 10.0. The number of carbonyl (C=O) groups excluding carboxylic acids is 1. The van der Waals surface area contributed by atoms with Crippen LogP contribution >= 0.6 is 11.8 Å². The third kappa shape index (κ3) is 2.28. The lowest BCUT2D eigenvalue weighted by Crippen LogP contribution is -2.10. The zero-order valence-electron chi connectivity index (χ0n) is 4.10. The Labute approximate surface area is 46.8 Å². The van der Waals surface area contributed by atoms with Gasteiger partial charge < -0.3 is 5.73 Å². The van der Waals surface area contributed by atoms with Gasteiger partial charge in [-0.3, -0.25) is 4.79 Å². The van der Waals surface area contributed by atoms with Gasteiger partial charge >= 0.3 is 0 Å². The van der Waals surface area contributed by atoms with Gasteiger partial charge in [0.25, 0.3) is 5.91 Å². The van der Waals surface area contributed by atoms with Crippen molar-refractivity contribution in [2.24, 2.45) is 5.73 Å². The molecule has 7 heavy (non-hydrogen) atoms. The molecule has 0 atom stereocenters. The van der Waals surface area contributed by atoms with E-state index in [1.54, 1.807) is 6.26 Å². The van der Waals surface area contributed by atoms with Gasteiger partial charge in [-0.1, -0.05) is 6.58 Å². The Balaban J connectivity index is 3.58. The zero-order valence-corrected chi connectivity index (χ0v) is 4.92. The topological polar surface area (TPSA) is 43.1 Å². The average Bonchev–Trinajstić information content (AvgIpc) is 1.65. The predicted molar refractivity (Wildman–Crippen MR) is 31.8 cm³/mol. The summed E-state index contributed by atoms with van der Waals surface area (Å²) in [6.45, 7) is 3.36. The quantitative estimate of drug-likeness (QED) is 0.530. The van der Waals surface area contributed by atoms with Crippen LogP contribution in [-0.4, -0.2) is 12.2 Å². The van der Waals surface area contributed by atoms with Crippen LogP contribution in [0.15, 0.2) is 11.5 Å². The number of rotatable bonds is 2. The SMILES string of the molecule is C=C(SC)C(N)=O. The van der Waals surface area contributed by atoms with Gasteiger partial charge in [-0.15, -0.1) is 11.8 Å². The fourth-order valence-corrected chi connectivity index (χ4v) is 0.302. The first kappa shape index (κ1) is 6.56. The van der Waals surface area contributed by atoms with Gasteiger partial charge in [0.05, 0.1) is 4.91 Å². The Morgan fingerprint density at radius 2 is 2.29 bits per heavy atom. The first-order valence-corrected chi connectivity index (χ1v) is 2.93. The molecule has 3 heteroatoms. The van der Waals surface area contributed by atoms with Crippen molar-refractivity contribution in [2.75, 3.05) is 6.26 Å². The lowest BCUT2D eigenvalue weighted by atomic mass is 10.6. The summed E-state index contributed by atoms with van der Waals surface area (Å²) >= 11 is 1.26. The third-order valence-corrected chi connectivity index (χ3v) is 1.22. The standard InChI is InChI=1S/C4H7NOS/c1-3(7-2)4(5)6/h1H2,2H3,(H2,5,6). The summed E-state index contributed by atoms with van der Waals surface area (Å²) < 4.78 is 0. The van der Waals surface area contributed by atoms with Crippen LogP contribution in [-0.2, 0) is 4.79 Å². The molecule has 0 aliphatic heterocycles. The first-order valence-electron chi connectivity index (χ1n) is 1.71. The minimum absolute atomic E-state index is 0.403. The molecular weight excluding hydrogens is 110 g/mol. The van der Waals surface area contributed by atoms with Crippen LogP contribution in [0.1, 0.15) is 0 Å². The Morgan fingerprint density at radius 1 is 1.86 bits per heavy atom. The molecule has 0 aromatic heterocycles. The van der Waals surface area contributed by atoms with E-state index in [0.29, 0.717) is 4.91 Å². The molecule has 0 aromatic rings. The van der Waals surface area contributed by atoms with Gasteiger partial charge in [-0.25, -0.2) is 0 Å². The van der Waals surface area contributed by atoms with Crippen molar-refractivity contribution in [3.63, 3.8) is 0 Å². The molecule has 0 saturated carbocycles. The van der Waals surface area contributed by atoms with E-state index in [1.807, 2.05) is 0 Å². The van der Waals surface area contributed by atoms with E-state index >= 15 is 0 Å². The van der Waals surface area contributed by atoms with Crippen LogP contribution in [0.4, 0.5) is 0 Å². The van der Waals surface area contributed by atoms with E-state index in [-0.39, 0.29) is 0 Å². The normalized spacial score (nSPS) is 8.14. The van der Waals surface area contributed by atoms with Gasteiger partial charge in [-0.05, 0) is 6.26 Å². The molecule has 0 spiro atoms. The van der Waals surface area contributed by atoms with Crippen LogP contribution in [0.5, 0.6) is 0 Å². The van der Waals surface area contributed by atoms with Crippen molar-refractivity contribution in [1.29, 1.82) is 0 Å². The molecule has 2 N–H and O–H groups in total. The van der Waals surface area contributed by atoms with Crippen molar-refractivity contribution >= 4 is 17.7 Å². The van der Waals surface area contributed by atoms with Crippen LogP contribution in [0.2, 0.25) is 0 Å². The number of hydrogen-bond donors (Lipinski definition) is 1. The summed E-state index contributed by atoms with van der Waals surface area (Å²) in [5.41, 5.74) is 4.79. The minimum atomic E-state index is -0.437. The highest BCUT2D eigenvalue weighted by atomic mass is 32.2. The molecule has 0 heterocycles. The second kappa shape index (κ2) is 2.69. The molecule has 40 valence electrons. The van der Waals surface area contributed by atoms with Gasteiger partial charge in [0, 0.05) is 0 Å². The van der Waals surface area contributed by atoms with Crippen molar-refractivity contribution < 1.29 is 4.79 Å². The fourth-order valence-electron chi connectivity index (χ4n) is 0.101. The second-order valence-corrected chi connectivity index (χ2v) is 1.89. The fraction of sp³-hybridized carbons (Fsp3) is 0.250. The van der Waals surface area contributed by atoms with Crippen molar-refractivity contribution in [3.8, 4) is 0 Å². The highest BCUT2D eigenvalue weighted by molar-refractivity contribution is 8.03. The Morgan fingerprint density at radius 3 is 2.29 bits per heavy atom. The van der Waals surface area contributed by atoms with E-state index in [9.17, 15) is 4.79 Å². The second-order valence-electron chi connectivity index (χ2n) is 0.992. The Hall–Kier alpha value is -0.440. The first-order chi connectivity index (χ1) is 3.18. The number of primary amides is 1. The van der Waals surface area contributed by atoms with Crippen LogP contribution in [0.3, 0.4) is 0 Å². The minimum Gasteiger partial charge on any atom is -0.365 e. The monoisotopic (exact) mass is 117 g/mol. The third-order valence-electron chi connectivity index (χ3n) is 0.521. The lowest BCUT2D eigenvalue weighted by molar-refractivity contribution is -0.113. The Bertz CT molecular complexity index is 99.9. The van der Waals surface area contributed by atoms with Crippen LogP contribution in [0.25, 0.3) is 0 Å². The summed E-state index contributed by atoms with van der Waals surface area (Å²) in [5, 5.41) is 0. The maximum absolute atomic E-state index is 10.0. The highest BCUT2D eigenvalue weighted by Crippen LogP contribution is 2.04. The zero-order chi connectivity index (χ0) is 5.86. The molecule has 2 nitrogen and oxygen atoms in total. The van der Waals surface area contributed by atoms with Gasteiger partial charge in [-0.2, -0.15) is 0 Å². The number of thioether (sulfide) groups is 1. The molecule has 0 unspecified atom stereocenters. The molecule has 0 bridgehead atoms. The summed E-state index contributed by atoms with van der Waals surface area (Å²) in [6.07, 6.45) is 1.76. The molecule has 0 radical (unpaired) electrons. The van der Waals surface area contributed by atoms with E-state index in [4.69, 9.17) is 5.73 Å². The molecule has 0 saturated heterocycles. The van der Waals surface area contributed by atoms with Gasteiger partial charge in [0.1, 0.15) is 0 Å². The maximum Gasteiger partial charge on any atom is 0.254 e. The average molecular weight is 117 g/mol. The molecule has 0 aliphatic rings. The van der Waals surface area contributed by atoms with Crippen molar-refractivity contribution in [3.05, 3.63) is 11.5 Å². The summed E-state index contributed by atoms with van der Waals surface area (Å²) in [6, 6.07) is 0. The molecule has 0 fully saturated rings. The molecule has 1 amide bonds. The largest absolute Gasteiger partial charge is 0.365 e. The van der Waals surface area contributed by atoms with Crippen LogP contribution in [0, 0.1) is 0 Å². The Kier molecular flexibility index (Phi) is 2.52. The van der Waals surface area contributed by atoms with E-state index in [0.717, 1.165) is 0 Å². The van der Waals surface area contributed by atoms with E-state index in [2.05, 4.69) is 6.58 Å². The molecule has 0 aromatic carbocycles. The van der Waals surface area contributed by atoms with E-state index in [1.165, 1.54) is 11.8 Å². The number of nitrogens with two attached hydrogens (primary N) is 1. The smallest absolute Gasteiger partial charge is 0.254 e. The van der Waals surface area contributed by atoms with Gasteiger partial charge in [0.2, 0.25) is 0 Å². The van der Waals surface area contributed by atoms with Crippen molar-refractivity contribution in [2.45, 2.75) is 0 Å². The van der Waals surface area contributed by atoms with E-state index < -0.39 is 5.91 Å². The predicted octanol–water partition coefficient (Wildman–Crippen LogP) is 0.348. The summed E-state index contributed by atoms with van der Waals surface area (Å²) in [7, 11) is 0.